The Morgan fingerprint density at radius 1 is 1.06 bits per heavy atom. The zero-order valence-corrected chi connectivity index (χ0v) is 19.3. The van der Waals surface area contributed by atoms with E-state index in [1.807, 2.05) is 0 Å². The summed E-state index contributed by atoms with van der Waals surface area (Å²) in [6.45, 7) is 7.59. The van der Waals surface area contributed by atoms with Crippen LogP contribution in [0.25, 0.3) is 0 Å². The minimum absolute atomic E-state index is 0.0818. The monoisotopic (exact) mass is 426 g/mol. The number of Topliss-reactive ketones (excluding diaryl/α,β-unsaturated/α-hetero) is 1. The zero-order valence-electron chi connectivity index (χ0n) is 19.3. The lowest BCUT2D eigenvalue weighted by Gasteiger charge is -2.61. The van der Waals surface area contributed by atoms with Crippen LogP contribution in [0.15, 0.2) is 6.20 Å². The summed E-state index contributed by atoms with van der Waals surface area (Å²) in [5.41, 5.74) is 6.01. The molecular weight excluding hydrogens is 388 g/mol. The average molecular weight is 427 g/mol. The van der Waals surface area contributed by atoms with Crippen LogP contribution < -0.4 is 5.73 Å². The second-order valence-electron chi connectivity index (χ2n) is 11.8. The summed E-state index contributed by atoms with van der Waals surface area (Å²) in [5.74, 6) is 3.80. The Bertz CT molecular complexity index is 881. The first kappa shape index (κ1) is 21.1. The molecule has 4 aliphatic rings. The molecule has 31 heavy (non-hydrogen) atoms. The number of hydrogen-bond acceptors (Lipinski definition) is 4. The Labute approximate surface area is 185 Å². The van der Waals surface area contributed by atoms with E-state index in [1.54, 1.807) is 0 Å². The van der Waals surface area contributed by atoms with Crippen LogP contribution in [0.2, 0.25) is 0 Å². The van der Waals surface area contributed by atoms with Crippen molar-refractivity contribution >= 4 is 11.7 Å². The van der Waals surface area contributed by atoms with Crippen molar-refractivity contribution in [3.63, 3.8) is 0 Å². The summed E-state index contributed by atoms with van der Waals surface area (Å²) in [6.07, 6.45) is 13.0. The van der Waals surface area contributed by atoms with Crippen LogP contribution in [0, 0.1) is 46.3 Å². The number of hydrogen-bond donors (Lipinski definition) is 1. The Balaban J connectivity index is 1.32. The minimum Gasteiger partial charge on any atom is -0.364 e. The fourth-order valence-electron chi connectivity index (χ4n) is 8.74. The molecule has 0 unspecified atom stereocenters. The fourth-order valence-corrected chi connectivity index (χ4v) is 8.74. The molecule has 0 aliphatic heterocycles. The first-order valence-corrected chi connectivity index (χ1v) is 12.4. The molecule has 0 spiro atoms. The summed E-state index contributed by atoms with van der Waals surface area (Å²) in [7, 11) is 0. The Morgan fingerprint density at radius 3 is 2.55 bits per heavy atom. The van der Waals surface area contributed by atoms with E-state index >= 15 is 0 Å². The van der Waals surface area contributed by atoms with Gasteiger partial charge in [-0.2, -0.15) is 9.90 Å². The molecule has 1 amide bonds. The minimum atomic E-state index is -0.605. The van der Waals surface area contributed by atoms with E-state index in [2.05, 4.69) is 31.0 Å². The highest BCUT2D eigenvalue weighted by atomic mass is 16.1. The lowest BCUT2D eigenvalue weighted by atomic mass is 9.44. The maximum absolute atomic E-state index is 13.3. The number of primary amides is 1. The predicted octanol–water partition coefficient (Wildman–Crippen LogP) is 4.24. The van der Waals surface area contributed by atoms with Crippen LogP contribution in [0.3, 0.4) is 0 Å². The molecule has 1 aromatic rings. The lowest BCUT2D eigenvalue weighted by molar-refractivity contribution is -0.137. The summed E-state index contributed by atoms with van der Waals surface area (Å²) < 4.78 is 0. The third-order valence-electron chi connectivity index (χ3n) is 10.4. The predicted molar refractivity (Wildman–Crippen MR) is 118 cm³/mol. The quantitative estimate of drug-likeness (QED) is 0.779. The Hall–Kier alpha value is -1.72. The molecule has 0 bridgehead atoms. The first-order valence-electron chi connectivity index (χ1n) is 12.4. The van der Waals surface area contributed by atoms with Gasteiger partial charge in [0, 0.05) is 5.92 Å². The fraction of sp³-hybridized carbons (Fsp3) is 0.840. The highest BCUT2D eigenvalue weighted by Crippen LogP contribution is 2.67. The topological polar surface area (TPSA) is 90.9 Å². The van der Waals surface area contributed by atoms with E-state index in [4.69, 9.17) is 5.73 Å². The van der Waals surface area contributed by atoms with E-state index in [-0.39, 0.29) is 29.4 Å². The molecule has 4 fully saturated rings. The Kier molecular flexibility index (Phi) is 5.06. The maximum Gasteiger partial charge on any atom is 0.270 e. The molecule has 0 saturated heterocycles. The highest BCUT2D eigenvalue weighted by molar-refractivity contribution is 5.90. The number of aromatic nitrogens is 3. The van der Waals surface area contributed by atoms with E-state index < -0.39 is 5.91 Å². The molecule has 1 aromatic heterocycles. The van der Waals surface area contributed by atoms with E-state index in [0.717, 1.165) is 30.1 Å². The molecule has 1 heterocycles. The van der Waals surface area contributed by atoms with E-state index in [1.165, 1.54) is 62.4 Å². The van der Waals surface area contributed by atoms with Gasteiger partial charge in [0.15, 0.2) is 11.5 Å². The molecule has 0 radical (unpaired) electrons. The van der Waals surface area contributed by atoms with Crippen LogP contribution in [0.5, 0.6) is 0 Å². The van der Waals surface area contributed by atoms with Gasteiger partial charge in [0.25, 0.3) is 5.91 Å². The molecule has 6 heteroatoms. The molecule has 0 aromatic carbocycles. The number of amides is 1. The normalized spacial score (nSPS) is 44.2. The molecule has 4 saturated carbocycles. The summed E-state index contributed by atoms with van der Waals surface area (Å²) in [6, 6.07) is 0. The molecule has 4 aliphatic carbocycles. The van der Waals surface area contributed by atoms with Crippen molar-refractivity contribution in [1.29, 1.82) is 0 Å². The van der Waals surface area contributed by atoms with E-state index in [0.29, 0.717) is 11.3 Å². The van der Waals surface area contributed by atoms with Crippen molar-refractivity contribution in [2.24, 2.45) is 52.1 Å². The molecule has 6 nitrogen and oxygen atoms in total. The number of carbonyl (C=O) groups excluding carboxylic acids is 2. The van der Waals surface area contributed by atoms with Crippen molar-refractivity contribution in [2.75, 3.05) is 0 Å². The van der Waals surface area contributed by atoms with Crippen molar-refractivity contribution in [1.82, 2.24) is 15.0 Å². The SMILES string of the molecule is C[C@H]1CC[C@@]2(C)[C@H](CC[C@@H]3[C@@H]2CC[C@]2(C)[C@@H](C(=O)Cn4ncc(C(N)=O)n4)CC[C@@H]32)C1. The van der Waals surface area contributed by atoms with Crippen LogP contribution in [-0.2, 0) is 11.3 Å². The van der Waals surface area contributed by atoms with Crippen molar-refractivity contribution in [2.45, 2.75) is 85.1 Å². The Morgan fingerprint density at radius 2 is 1.81 bits per heavy atom. The van der Waals surface area contributed by atoms with Crippen molar-refractivity contribution in [3.8, 4) is 0 Å². The molecule has 2 N–H and O–H groups in total. The highest BCUT2D eigenvalue weighted by Gasteiger charge is 2.60. The summed E-state index contributed by atoms with van der Waals surface area (Å²) in [5, 5.41) is 8.17. The second kappa shape index (κ2) is 7.41. The van der Waals surface area contributed by atoms with E-state index in [9.17, 15) is 9.59 Å². The summed E-state index contributed by atoms with van der Waals surface area (Å²) >= 11 is 0. The van der Waals surface area contributed by atoms with Crippen molar-refractivity contribution < 1.29 is 9.59 Å². The standard InChI is InChI=1S/C25H38N4O2/c1-15-8-10-24(2)16(12-15)4-5-17-18-6-7-20(25(18,3)11-9-19(17)24)22(30)14-29-27-13-21(28-29)23(26)31/h13,15-20H,4-12,14H2,1-3H3,(H2,26,31)/t15-,16+,17-,18-,19-,20+,24-,25-/m0/s1. The number of carbonyl (C=O) groups is 2. The number of nitrogens with two attached hydrogens (primary N) is 1. The zero-order chi connectivity index (χ0) is 22.0. The van der Waals surface area contributed by atoms with Crippen LogP contribution in [0.4, 0.5) is 0 Å². The van der Waals surface area contributed by atoms with Gasteiger partial charge < -0.3 is 5.73 Å². The van der Waals surface area contributed by atoms with Gasteiger partial charge in [0.1, 0.15) is 6.54 Å². The number of rotatable bonds is 4. The van der Waals surface area contributed by atoms with Crippen molar-refractivity contribution in [3.05, 3.63) is 11.9 Å². The third-order valence-corrected chi connectivity index (χ3v) is 10.4. The van der Waals surface area contributed by atoms with Crippen LogP contribution in [-0.4, -0.2) is 26.7 Å². The van der Waals surface area contributed by atoms with Gasteiger partial charge in [-0.05, 0) is 91.8 Å². The smallest absolute Gasteiger partial charge is 0.270 e. The average Bonchev–Trinajstić information content (AvgIpc) is 3.32. The molecule has 8 atom stereocenters. The number of fused-ring (bicyclic) bond motifs is 5. The third kappa shape index (κ3) is 3.27. The summed E-state index contributed by atoms with van der Waals surface area (Å²) in [4.78, 5) is 26.0. The molecule has 170 valence electrons. The van der Waals surface area contributed by atoms with Crippen LogP contribution in [0.1, 0.15) is 89.0 Å². The van der Waals surface area contributed by atoms with Gasteiger partial charge in [-0.3, -0.25) is 9.59 Å². The number of nitrogens with zero attached hydrogens (tertiary/aromatic N) is 3. The lowest BCUT2D eigenvalue weighted by Crippen LogP contribution is -2.53. The molecule has 5 rings (SSSR count). The second-order valence-corrected chi connectivity index (χ2v) is 11.8. The maximum atomic E-state index is 13.3. The largest absolute Gasteiger partial charge is 0.364 e. The van der Waals surface area contributed by atoms with Gasteiger partial charge in [-0.15, -0.1) is 5.10 Å². The van der Waals surface area contributed by atoms with Gasteiger partial charge in [-0.1, -0.05) is 27.2 Å². The van der Waals surface area contributed by atoms with Crippen LogP contribution >= 0.6 is 0 Å². The molecular formula is C25H38N4O2. The van der Waals surface area contributed by atoms with Gasteiger partial charge in [0.2, 0.25) is 0 Å². The van der Waals surface area contributed by atoms with Gasteiger partial charge in [-0.25, -0.2) is 0 Å². The van der Waals surface area contributed by atoms with Gasteiger partial charge in [0.05, 0.1) is 6.20 Å². The number of ketones is 1. The van der Waals surface area contributed by atoms with Gasteiger partial charge >= 0.3 is 0 Å². The first-order chi connectivity index (χ1) is 14.7.